The summed E-state index contributed by atoms with van der Waals surface area (Å²) in [7, 11) is 0. The summed E-state index contributed by atoms with van der Waals surface area (Å²) in [6, 6.07) is 43.8. The molecule has 2 aromatic heterocycles. The second-order valence-corrected chi connectivity index (χ2v) is 13.2. The van der Waals surface area contributed by atoms with Gasteiger partial charge in [-0.3, -0.25) is 0 Å². The van der Waals surface area contributed by atoms with Crippen LogP contribution < -0.4 is 0 Å². The van der Waals surface area contributed by atoms with Crippen molar-refractivity contribution < 1.29 is 8.78 Å². The van der Waals surface area contributed by atoms with Crippen LogP contribution >= 0.6 is 0 Å². The molecule has 6 heteroatoms. The number of para-hydroxylation sites is 1. The molecular formula is C43H32F2N4. The van der Waals surface area contributed by atoms with Crippen molar-refractivity contribution >= 4 is 21.8 Å². The second kappa shape index (κ2) is 11.9. The lowest BCUT2D eigenvalue weighted by Crippen LogP contribution is -2.10. The van der Waals surface area contributed by atoms with Gasteiger partial charge in [-0.2, -0.15) is 0 Å². The van der Waals surface area contributed by atoms with E-state index in [4.69, 9.17) is 15.0 Å². The van der Waals surface area contributed by atoms with Gasteiger partial charge in [0.15, 0.2) is 17.5 Å². The molecule has 2 heterocycles. The Morgan fingerprint density at radius 2 is 1.06 bits per heavy atom. The van der Waals surface area contributed by atoms with E-state index in [-0.39, 0.29) is 11.0 Å². The third-order valence-corrected chi connectivity index (χ3v) is 8.97. The third kappa shape index (κ3) is 5.45. The quantitative estimate of drug-likeness (QED) is 0.188. The van der Waals surface area contributed by atoms with Crippen molar-refractivity contribution in [3.05, 3.63) is 157 Å². The fourth-order valence-electron chi connectivity index (χ4n) is 6.47. The summed E-state index contributed by atoms with van der Waals surface area (Å²) in [5.74, 6) is 0.0927. The predicted molar refractivity (Wildman–Crippen MR) is 195 cm³/mol. The summed E-state index contributed by atoms with van der Waals surface area (Å²) in [5, 5.41) is 2.22. The van der Waals surface area contributed by atoms with Crippen molar-refractivity contribution in [1.29, 1.82) is 0 Å². The van der Waals surface area contributed by atoms with Crippen LogP contribution in [0.2, 0.25) is 0 Å². The Labute approximate surface area is 283 Å². The number of nitrogens with zero attached hydrogens (tertiary/aromatic N) is 4. The van der Waals surface area contributed by atoms with Gasteiger partial charge in [-0.1, -0.05) is 118 Å². The van der Waals surface area contributed by atoms with E-state index in [9.17, 15) is 0 Å². The molecule has 0 aliphatic heterocycles. The average molecular weight is 643 g/mol. The van der Waals surface area contributed by atoms with E-state index in [2.05, 4.69) is 55.7 Å². The fraction of sp³-hybridized carbons (Fsp3) is 0.0930. The zero-order chi connectivity index (χ0) is 33.7. The van der Waals surface area contributed by atoms with Crippen LogP contribution in [0.25, 0.3) is 72.8 Å². The number of hydrogen-bond donors (Lipinski definition) is 0. The number of aromatic nitrogens is 4. The Morgan fingerprint density at radius 1 is 0.490 bits per heavy atom. The molecule has 4 nitrogen and oxygen atoms in total. The molecule has 8 rings (SSSR count). The molecule has 0 aliphatic carbocycles. The third-order valence-electron chi connectivity index (χ3n) is 8.97. The van der Waals surface area contributed by atoms with Gasteiger partial charge >= 0.3 is 0 Å². The predicted octanol–water partition coefficient (Wildman–Crippen LogP) is 11.2. The standard InChI is InChI=1S/C43H32F2N4/c1-43(2,3)30-22-24-37-32(26-30)31-17-10-11-20-36(31)49(37)38-23-21-29(39-34(44)18-12-19-35(39)45)25-33(38)42-47-40(27-13-6-4-7-14-27)46-41(48-42)28-15-8-5-9-16-28/h4-26H,1-3H3. The van der Waals surface area contributed by atoms with Crippen LogP contribution in [0.5, 0.6) is 0 Å². The number of hydrogen-bond acceptors (Lipinski definition) is 3. The minimum Gasteiger partial charge on any atom is -0.309 e. The van der Waals surface area contributed by atoms with E-state index < -0.39 is 11.6 Å². The van der Waals surface area contributed by atoms with E-state index in [0.717, 1.165) is 38.6 Å². The highest BCUT2D eigenvalue weighted by atomic mass is 19.1. The largest absolute Gasteiger partial charge is 0.309 e. The van der Waals surface area contributed by atoms with Crippen molar-refractivity contribution in [2.24, 2.45) is 0 Å². The molecule has 0 saturated carbocycles. The summed E-state index contributed by atoms with van der Waals surface area (Å²) in [6.45, 7) is 6.63. The smallest absolute Gasteiger partial charge is 0.166 e. The first-order valence-corrected chi connectivity index (χ1v) is 16.3. The van der Waals surface area contributed by atoms with Gasteiger partial charge in [0.05, 0.1) is 22.3 Å². The Bertz CT molecular complexity index is 2420. The Balaban J connectivity index is 1.47. The Hall–Kier alpha value is -6.01. The molecule has 0 bridgehead atoms. The minimum atomic E-state index is -0.643. The topological polar surface area (TPSA) is 43.6 Å². The molecule has 0 amide bonds. The van der Waals surface area contributed by atoms with Crippen molar-refractivity contribution in [2.45, 2.75) is 26.2 Å². The number of halogens is 2. The Kier molecular flexibility index (Phi) is 7.37. The maximum absolute atomic E-state index is 15.3. The van der Waals surface area contributed by atoms with Crippen molar-refractivity contribution in [3.8, 4) is 51.0 Å². The molecule has 49 heavy (non-hydrogen) atoms. The highest BCUT2D eigenvalue weighted by molar-refractivity contribution is 6.10. The zero-order valence-electron chi connectivity index (χ0n) is 27.3. The van der Waals surface area contributed by atoms with Crippen LogP contribution in [-0.2, 0) is 5.41 Å². The first-order chi connectivity index (χ1) is 23.8. The molecule has 0 atom stereocenters. The monoisotopic (exact) mass is 642 g/mol. The Morgan fingerprint density at radius 3 is 1.69 bits per heavy atom. The van der Waals surface area contributed by atoms with Crippen LogP contribution in [0.4, 0.5) is 8.78 Å². The second-order valence-electron chi connectivity index (χ2n) is 13.2. The lowest BCUT2D eigenvalue weighted by Gasteiger charge is -2.19. The normalized spacial score (nSPS) is 11.8. The van der Waals surface area contributed by atoms with Gasteiger partial charge in [0.1, 0.15) is 11.6 Å². The molecule has 0 aliphatic rings. The van der Waals surface area contributed by atoms with Gasteiger partial charge in [0, 0.05) is 27.5 Å². The highest BCUT2D eigenvalue weighted by Crippen LogP contribution is 2.40. The van der Waals surface area contributed by atoms with Crippen molar-refractivity contribution in [2.75, 3.05) is 0 Å². The molecule has 0 spiro atoms. The van der Waals surface area contributed by atoms with Crippen LogP contribution in [0.1, 0.15) is 26.3 Å². The van der Waals surface area contributed by atoms with Gasteiger partial charge in [-0.15, -0.1) is 0 Å². The SMILES string of the molecule is CC(C)(C)c1ccc2c(c1)c1ccccc1n2-c1ccc(-c2c(F)cccc2F)cc1-c1nc(-c2ccccc2)nc(-c2ccccc2)n1. The summed E-state index contributed by atoms with van der Waals surface area (Å²) in [6.07, 6.45) is 0. The van der Waals surface area contributed by atoms with Gasteiger partial charge in [0.2, 0.25) is 0 Å². The molecule has 238 valence electrons. The average Bonchev–Trinajstić information content (AvgIpc) is 3.45. The van der Waals surface area contributed by atoms with Gasteiger partial charge < -0.3 is 4.57 Å². The molecule has 8 aromatic rings. The molecule has 0 fully saturated rings. The van der Waals surface area contributed by atoms with Gasteiger partial charge in [0.25, 0.3) is 0 Å². The highest BCUT2D eigenvalue weighted by Gasteiger charge is 2.23. The molecule has 0 radical (unpaired) electrons. The van der Waals surface area contributed by atoms with E-state index in [1.807, 2.05) is 78.9 Å². The molecule has 0 unspecified atom stereocenters. The molecular weight excluding hydrogens is 610 g/mol. The molecule has 0 saturated heterocycles. The van der Waals surface area contributed by atoms with E-state index in [1.54, 1.807) is 12.1 Å². The summed E-state index contributed by atoms with van der Waals surface area (Å²) in [4.78, 5) is 15.0. The van der Waals surface area contributed by atoms with Gasteiger partial charge in [-0.05, 0) is 59.0 Å². The lowest BCUT2D eigenvalue weighted by atomic mass is 9.86. The van der Waals surface area contributed by atoms with Gasteiger partial charge in [-0.25, -0.2) is 23.7 Å². The maximum Gasteiger partial charge on any atom is 0.166 e. The number of rotatable bonds is 5. The lowest BCUT2D eigenvalue weighted by molar-refractivity contribution is 0.589. The van der Waals surface area contributed by atoms with Crippen LogP contribution in [0.15, 0.2) is 140 Å². The van der Waals surface area contributed by atoms with E-state index in [0.29, 0.717) is 28.6 Å². The summed E-state index contributed by atoms with van der Waals surface area (Å²) >= 11 is 0. The van der Waals surface area contributed by atoms with E-state index in [1.165, 1.54) is 23.8 Å². The summed E-state index contributed by atoms with van der Waals surface area (Å²) in [5.41, 5.74) is 6.50. The van der Waals surface area contributed by atoms with E-state index >= 15 is 8.78 Å². The molecule has 6 aromatic carbocycles. The zero-order valence-corrected chi connectivity index (χ0v) is 27.3. The first-order valence-electron chi connectivity index (χ1n) is 16.3. The number of benzene rings is 6. The first kappa shape index (κ1) is 30.3. The van der Waals surface area contributed by atoms with Crippen LogP contribution in [0.3, 0.4) is 0 Å². The summed E-state index contributed by atoms with van der Waals surface area (Å²) < 4.78 is 32.8. The number of fused-ring (bicyclic) bond motifs is 3. The van der Waals surface area contributed by atoms with Crippen LogP contribution in [-0.4, -0.2) is 19.5 Å². The van der Waals surface area contributed by atoms with Crippen molar-refractivity contribution in [1.82, 2.24) is 19.5 Å². The van der Waals surface area contributed by atoms with Crippen molar-refractivity contribution in [3.63, 3.8) is 0 Å². The molecule has 0 N–H and O–H groups in total. The fourth-order valence-corrected chi connectivity index (χ4v) is 6.47. The maximum atomic E-state index is 15.3. The minimum absolute atomic E-state index is 0.0411. The van der Waals surface area contributed by atoms with Crippen LogP contribution in [0, 0.1) is 11.6 Å².